The average Bonchev–Trinajstić information content (AvgIpc) is 2.31. The molecule has 0 unspecified atom stereocenters. The molecule has 3 heteroatoms. The summed E-state index contributed by atoms with van der Waals surface area (Å²) < 4.78 is 0. The topological polar surface area (TPSA) is 27.3 Å². The SMILES string of the molecule is C1CNC2NCCCN2C1.CCCCC. The van der Waals surface area contributed by atoms with E-state index in [1.165, 1.54) is 58.3 Å². The molecule has 2 N–H and O–H groups in total. The van der Waals surface area contributed by atoms with Gasteiger partial charge in [-0.05, 0) is 25.9 Å². The fraction of sp³-hybridized carbons (Fsp3) is 1.00. The van der Waals surface area contributed by atoms with Crippen LogP contribution < -0.4 is 10.6 Å². The molecule has 0 aromatic carbocycles. The van der Waals surface area contributed by atoms with Crippen molar-refractivity contribution >= 4 is 0 Å². The van der Waals surface area contributed by atoms with Crippen molar-refractivity contribution in [2.24, 2.45) is 0 Å². The van der Waals surface area contributed by atoms with Crippen LogP contribution in [-0.4, -0.2) is 37.4 Å². The second-order valence-electron chi connectivity index (χ2n) is 4.41. The maximum atomic E-state index is 3.44. The Labute approximate surface area is 94.6 Å². The maximum Gasteiger partial charge on any atom is 0.114 e. The smallest absolute Gasteiger partial charge is 0.114 e. The van der Waals surface area contributed by atoms with Crippen LogP contribution in [0.4, 0.5) is 0 Å². The fourth-order valence-electron chi connectivity index (χ4n) is 2.10. The molecule has 0 spiro atoms. The average molecular weight is 213 g/mol. The van der Waals surface area contributed by atoms with Crippen molar-refractivity contribution < 1.29 is 0 Å². The van der Waals surface area contributed by atoms with Gasteiger partial charge in [-0.1, -0.05) is 33.1 Å². The Hall–Kier alpha value is -0.120. The molecule has 3 nitrogen and oxygen atoms in total. The third-order valence-electron chi connectivity index (χ3n) is 2.99. The highest BCUT2D eigenvalue weighted by atomic mass is 15.4. The molecule has 90 valence electrons. The van der Waals surface area contributed by atoms with Gasteiger partial charge in [0.2, 0.25) is 0 Å². The van der Waals surface area contributed by atoms with Crippen molar-refractivity contribution in [2.45, 2.75) is 52.2 Å². The molecule has 15 heavy (non-hydrogen) atoms. The zero-order chi connectivity index (χ0) is 10.9. The highest BCUT2D eigenvalue weighted by molar-refractivity contribution is 4.77. The van der Waals surface area contributed by atoms with Crippen molar-refractivity contribution in [3.8, 4) is 0 Å². The number of unbranched alkanes of at least 4 members (excludes halogenated alkanes) is 2. The van der Waals surface area contributed by atoms with E-state index >= 15 is 0 Å². The third-order valence-corrected chi connectivity index (χ3v) is 2.99. The predicted molar refractivity (Wildman–Crippen MR) is 65.8 cm³/mol. The highest BCUT2D eigenvalue weighted by Crippen LogP contribution is 2.06. The molecule has 0 atom stereocenters. The highest BCUT2D eigenvalue weighted by Gasteiger charge is 2.23. The van der Waals surface area contributed by atoms with Gasteiger partial charge in [-0.3, -0.25) is 15.5 Å². The van der Waals surface area contributed by atoms with Crippen LogP contribution in [-0.2, 0) is 0 Å². The third kappa shape index (κ3) is 4.96. The number of rotatable bonds is 2. The number of fused-ring (bicyclic) bond motifs is 1. The van der Waals surface area contributed by atoms with Crippen LogP contribution in [0.1, 0.15) is 46.0 Å². The van der Waals surface area contributed by atoms with Crippen LogP contribution in [0, 0.1) is 0 Å². The molecule has 0 aromatic heterocycles. The van der Waals surface area contributed by atoms with Gasteiger partial charge in [0.05, 0.1) is 0 Å². The molecule has 2 aliphatic heterocycles. The van der Waals surface area contributed by atoms with Gasteiger partial charge in [-0.15, -0.1) is 0 Å². The van der Waals surface area contributed by atoms with E-state index in [-0.39, 0.29) is 0 Å². The monoisotopic (exact) mass is 213 g/mol. The summed E-state index contributed by atoms with van der Waals surface area (Å²) in [5.74, 6) is 0. The lowest BCUT2D eigenvalue weighted by Crippen LogP contribution is -2.62. The molecule has 0 radical (unpaired) electrons. The van der Waals surface area contributed by atoms with Gasteiger partial charge in [-0.25, -0.2) is 0 Å². The molecule has 2 saturated heterocycles. The summed E-state index contributed by atoms with van der Waals surface area (Å²) in [5, 5.41) is 6.87. The van der Waals surface area contributed by atoms with E-state index in [4.69, 9.17) is 0 Å². The fourth-order valence-corrected chi connectivity index (χ4v) is 2.10. The van der Waals surface area contributed by atoms with Crippen LogP contribution in [0.25, 0.3) is 0 Å². The maximum absolute atomic E-state index is 3.44. The van der Waals surface area contributed by atoms with Gasteiger partial charge in [0, 0.05) is 13.1 Å². The van der Waals surface area contributed by atoms with Crippen molar-refractivity contribution in [3.05, 3.63) is 0 Å². The first kappa shape index (κ1) is 12.9. The Morgan fingerprint density at radius 2 is 1.53 bits per heavy atom. The first-order chi connectivity index (χ1) is 7.38. The van der Waals surface area contributed by atoms with Crippen LogP contribution in [0.2, 0.25) is 0 Å². The molecule has 2 heterocycles. The molecule has 0 amide bonds. The van der Waals surface area contributed by atoms with Crippen molar-refractivity contribution in [1.82, 2.24) is 15.5 Å². The number of nitrogens with zero attached hydrogens (tertiary/aromatic N) is 1. The Morgan fingerprint density at radius 1 is 1.00 bits per heavy atom. The lowest BCUT2D eigenvalue weighted by atomic mass is 10.2. The normalized spacial score (nSPS) is 22.8. The van der Waals surface area contributed by atoms with Crippen molar-refractivity contribution in [2.75, 3.05) is 26.2 Å². The Morgan fingerprint density at radius 3 is 1.87 bits per heavy atom. The summed E-state index contributed by atoms with van der Waals surface area (Å²) in [7, 11) is 0. The molecular formula is C12H27N3. The van der Waals surface area contributed by atoms with Gasteiger partial charge in [0.15, 0.2) is 0 Å². The minimum absolute atomic E-state index is 0.488. The Bertz CT molecular complexity index is 122. The van der Waals surface area contributed by atoms with Crippen molar-refractivity contribution in [3.63, 3.8) is 0 Å². The van der Waals surface area contributed by atoms with E-state index in [0.717, 1.165) is 0 Å². The van der Waals surface area contributed by atoms with Crippen LogP contribution >= 0.6 is 0 Å². The second-order valence-corrected chi connectivity index (χ2v) is 4.41. The second kappa shape index (κ2) is 8.08. The summed E-state index contributed by atoms with van der Waals surface area (Å²) in [4.78, 5) is 2.48. The molecule has 0 bridgehead atoms. The quantitative estimate of drug-likeness (QED) is 0.732. The summed E-state index contributed by atoms with van der Waals surface area (Å²) >= 11 is 0. The first-order valence-corrected chi connectivity index (χ1v) is 6.59. The minimum Gasteiger partial charge on any atom is -0.289 e. The lowest BCUT2D eigenvalue weighted by molar-refractivity contribution is 0.0762. The largest absolute Gasteiger partial charge is 0.289 e. The predicted octanol–water partition coefficient (Wildman–Crippen LogP) is 1.76. The summed E-state index contributed by atoms with van der Waals surface area (Å²) in [5.41, 5.74) is 0. The zero-order valence-corrected chi connectivity index (χ0v) is 10.4. The summed E-state index contributed by atoms with van der Waals surface area (Å²) in [6, 6.07) is 0. The van der Waals surface area contributed by atoms with E-state index in [0.29, 0.717) is 6.29 Å². The van der Waals surface area contributed by atoms with E-state index < -0.39 is 0 Å². The van der Waals surface area contributed by atoms with E-state index in [9.17, 15) is 0 Å². The molecule has 2 aliphatic rings. The van der Waals surface area contributed by atoms with Crippen LogP contribution in [0.15, 0.2) is 0 Å². The number of hydrogen-bond acceptors (Lipinski definition) is 3. The summed E-state index contributed by atoms with van der Waals surface area (Å²) in [6.45, 7) is 9.31. The molecular weight excluding hydrogens is 186 g/mol. The van der Waals surface area contributed by atoms with E-state index in [2.05, 4.69) is 29.4 Å². The van der Waals surface area contributed by atoms with Gasteiger partial charge >= 0.3 is 0 Å². The molecule has 0 aliphatic carbocycles. The van der Waals surface area contributed by atoms with E-state index in [1.54, 1.807) is 0 Å². The summed E-state index contributed by atoms with van der Waals surface area (Å²) in [6.07, 6.45) is 7.17. The minimum atomic E-state index is 0.488. The van der Waals surface area contributed by atoms with Gasteiger partial charge in [0.1, 0.15) is 6.29 Å². The Kier molecular flexibility index (Phi) is 6.98. The first-order valence-electron chi connectivity index (χ1n) is 6.59. The van der Waals surface area contributed by atoms with Crippen LogP contribution in [0.5, 0.6) is 0 Å². The Balaban J connectivity index is 0.000000195. The molecule has 2 rings (SSSR count). The standard InChI is InChI=1S/C7H15N3.C5H12/c1-3-8-7-9-4-2-6-10(7)5-1;1-3-5-4-2/h7-9H,1-6H2;3-5H2,1-2H3. The van der Waals surface area contributed by atoms with Gasteiger partial charge in [0.25, 0.3) is 0 Å². The zero-order valence-electron chi connectivity index (χ0n) is 10.4. The van der Waals surface area contributed by atoms with Crippen molar-refractivity contribution in [1.29, 1.82) is 0 Å². The molecule has 0 aromatic rings. The van der Waals surface area contributed by atoms with Gasteiger partial charge in [-0.2, -0.15) is 0 Å². The molecule has 2 fully saturated rings. The lowest BCUT2D eigenvalue weighted by Gasteiger charge is -2.40. The van der Waals surface area contributed by atoms with E-state index in [1.807, 2.05) is 0 Å². The molecule has 0 saturated carbocycles. The number of hydrogen-bond donors (Lipinski definition) is 2. The van der Waals surface area contributed by atoms with Crippen LogP contribution in [0.3, 0.4) is 0 Å². The van der Waals surface area contributed by atoms with Gasteiger partial charge < -0.3 is 0 Å². The number of nitrogens with one attached hydrogen (secondary N) is 2.